The van der Waals surface area contributed by atoms with Gasteiger partial charge in [-0.1, -0.05) is 0 Å². The van der Waals surface area contributed by atoms with Crippen LogP contribution < -0.4 is 19.7 Å². The Morgan fingerprint density at radius 1 is 1.10 bits per heavy atom. The highest BCUT2D eigenvalue weighted by atomic mass is 16.6. The van der Waals surface area contributed by atoms with Gasteiger partial charge in [0.15, 0.2) is 11.5 Å². The third-order valence-electron chi connectivity index (χ3n) is 4.59. The van der Waals surface area contributed by atoms with E-state index in [0.29, 0.717) is 62.4 Å². The van der Waals surface area contributed by atoms with Crippen LogP contribution in [-0.2, 0) is 4.74 Å². The molecule has 30 heavy (non-hydrogen) atoms. The van der Waals surface area contributed by atoms with Crippen molar-refractivity contribution < 1.29 is 23.9 Å². The predicted octanol–water partition coefficient (Wildman–Crippen LogP) is 3.48. The van der Waals surface area contributed by atoms with Crippen molar-refractivity contribution in [3.63, 3.8) is 0 Å². The van der Waals surface area contributed by atoms with Gasteiger partial charge in [-0.2, -0.15) is 0 Å². The monoisotopic (exact) mass is 415 g/mol. The number of carbonyl (C=O) groups is 1. The fourth-order valence-corrected chi connectivity index (χ4v) is 3.23. The fourth-order valence-electron chi connectivity index (χ4n) is 3.23. The van der Waals surface area contributed by atoms with E-state index in [1.807, 2.05) is 18.7 Å². The second-order valence-corrected chi connectivity index (χ2v) is 6.54. The van der Waals surface area contributed by atoms with Gasteiger partial charge in [0.05, 0.1) is 42.6 Å². The van der Waals surface area contributed by atoms with Gasteiger partial charge in [0, 0.05) is 37.0 Å². The minimum atomic E-state index is -0.510. The van der Waals surface area contributed by atoms with Crippen LogP contribution in [-0.4, -0.2) is 50.3 Å². The van der Waals surface area contributed by atoms with Crippen molar-refractivity contribution in [1.29, 1.82) is 0 Å². The van der Waals surface area contributed by atoms with E-state index in [4.69, 9.17) is 14.2 Å². The minimum Gasteiger partial charge on any atom is -0.490 e. The molecule has 0 radical (unpaired) electrons. The second-order valence-electron chi connectivity index (χ2n) is 6.54. The Labute approximate surface area is 174 Å². The van der Waals surface area contributed by atoms with E-state index in [1.54, 1.807) is 24.3 Å². The Kier molecular flexibility index (Phi) is 7.08. The normalized spacial score (nSPS) is 13.6. The smallest absolute Gasteiger partial charge is 0.270 e. The number of ether oxygens (including phenoxy) is 3. The lowest BCUT2D eigenvalue weighted by atomic mass is 10.1. The maximum Gasteiger partial charge on any atom is 0.270 e. The Morgan fingerprint density at radius 3 is 2.47 bits per heavy atom. The Bertz CT molecular complexity index is 912. The molecule has 1 aliphatic rings. The molecule has 1 aliphatic heterocycles. The fraction of sp³-hybridized carbons (Fsp3) is 0.381. The summed E-state index contributed by atoms with van der Waals surface area (Å²) in [6.07, 6.45) is 0. The van der Waals surface area contributed by atoms with Crippen molar-refractivity contribution in [3.8, 4) is 11.5 Å². The molecule has 9 heteroatoms. The molecule has 0 aliphatic carbocycles. The van der Waals surface area contributed by atoms with Gasteiger partial charge >= 0.3 is 0 Å². The minimum absolute atomic E-state index is 0.140. The first-order valence-electron chi connectivity index (χ1n) is 9.85. The van der Waals surface area contributed by atoms with Crippen molar-refractivity contribution >= 4 is 23.0 Å². The van der Waals surface area contributed by atoms with Crippen molar-refractivity contribution in [2.45, 2.75) is 13.8 Å². The zero-order chi connectivity index (χ0) is 21.5. The molecule has 2 aromatic rings. The van der Waals surface area contributed by atoms with Crippen LogP contribution in [0.4, 0.5) is 17.1 Å². The van der Waals surface area contributed by atoms with E-state index >= 15 is 0 Å². The van der Waals surface area contributed by atoms with Crippen LogP contribution in [0.3, 0.4) is 0 Å². The van der Waals surface area contributed by atoms with Crippen molar-refractivity contribution in [1.82, 2.24) is 0 Å². The summed E-state index contributed by atoms with van der Waals surface area (Å²) < 4.78 is 16.5. The van der Waals surface area contributed by atoms with E-state index in [-0.39, 0.29) is 11.3 Å². The average molecular weight is 415 g/mol. The van der Waals surface area contributed by atoms with Crippen molar-refractivity contribution in [2.75, 3.05) is 49.7 Å². The third kappa shape index (κ3) is 4.98. The molecule has 0 spiro atoms. The number of nitrogens with one attached hydrogen (secondary N) is 1. The highest BCUT2D eigenvalue weighted by Gasteiger charge is 2.22. The standard InChI is InChI=1S/C21H25N3O6/c1-3-29-19-8-5-15(13-20(19)30-4-2)22-21(25)17-14-16(24(26)27)6-7-18(17)23-9-11-28-12-10-23/h5-8,13-14H,3-4,9-12H2,1-2H3,(H,22,25). The number of carbonyl (C=O) groups excluding carboxylic acids is 1. The Balaban J connectivity index is 1.90. The largest absolute Gasteiger partial charge is 0.490 e. The number of benzene rings is 2. The van der Waals surface area contributed by atoms with Crippen LogP contribution in [0.15, 0.2) is 36.4 Å². The maximum atomic E-state index is 13.1. The number of amides is 1. The predicted molar refractivity (Wildman–Crippen MR) is 113 cm³/mol. The van der Waals surface area contributed by atoms with Crippen LogP contribution >= 0.6 is 0 Å². The molecule has 160 valence electrons. The van der Waals surface area contributed by atoms with Gasteiger partial charge < -0.3 is 24.4 Å². The van der Waals surface area contributed by atoms with Gasteiger partial charge in [-0.05, 0) is 32.0 Å². The van der Waals surface area contributed by atoms with Crippen LogP contribution in [0, 0.1) is 10.1 Å². The van der Waals surface area contributed by atoms with E-state index < -0.39 is 10.8 Å². The summed E-state index contributed by atoms with van der Waals surface area (Å²) in [5.41, 5.74) is 1.24. The van der Waals surface area contributed by atoms with E-state index in [2.05, 4.69) is 5.32 Å². The van der Waals surface area contributed by atoms with E-state index in [1.165, 1.54) is 12.1 Å². The first-order valence-corrected chi connectivity index (χ1v) is 9.85. The Hall–Kier alpha value is -3.33. The van der Waals surface area contributed by atoms with Crippen molar-refractivity contribution in [2.24, 2.45) is 0 Å². The summed E-state index contributed by atoms with van der Waals surface area (Å²) in [4.78, 5) is 25.8. The SMILES string of the molecule is CCOc1ccc(NC(=O)c2cc([N+](=O)[O-])ccc2N2CCOCC2)cc1OCC. The molecule has 1 heterocycles. The summed E-state index contributed by atoms with van der Waals surface area (Å²) in [5.74, 6) is 0.665. The number of hydrogen-bond donors (Lipinski definition) is 1. The van der Waals surface area contributed by atoms with Crippen LogP contribution in [0.1, 0.15) is 24.2 Å². The molecule has 9 nitrogen and oxygen atoms in total. The van der Waals surface area contributed by atoms with Crippen LogP contribution in [0.5, 0.6) is 11.5 Å². The molecular formula is C21H25N3O6. The number of nitro benzene ring substituents is 1. The topological polar surface area (TPSA) is 103 Å². The first kappa shape index (κ1) is 21.4. The number of nitrogens with zero attached hydrogens (tertiary/aromatic N) is 2. The van der Waals surface area contributed by atoms with Gasteiger partial charge in [-0.15, -0.1) is 0 Å². The molecular weight excluding hydrogens is 390 g/mol. The van der Waals surface area contributed by atoms with Gasteiger partial charge in [-0.3, -0.25) is 14.9 Å². The van der Waals surface area contributed by atoms with Gasteiger partial charge in [0.1, 0.15) is 0 Å². The molecule has 0 bridgehead atoms. The maximum absolute atomic E-state index is 13.1. The molecule has 0 atom stereocenters. The molecule has 1 amide bonds. The molecule has 1 N–H and O–H groups in total. The second kappa shape index (κ2) is 9.93. The molecule has 0 unspecified atom stereocenters. The number of morpholine rings is 1. The molecule has 0 aromatic heterocycles. The zero-order valence-electron chi connectivity index (χ0n) is 17.1. The number of nitro groups is 1. The highest BCUT2D eigenvalue weighted by molar-refractivity contribution is 6.08. The summed E-state index contributed by atoms with van der Waals surface area (Å²) in [7, 11) is 0. The highest BCUT2D eigenvalue weighted by Crippen LogP contribution is 2.32. The van der Waals surface area contributed by atoms with Gasteiger partial charge in [0.2, 0.25) is 0 Å². The average Bonchev–Trinajstić information content (AvgIpc) is 2.76. The van der Waals surface area contributed by atoms with Gasteiger partial charge in [0.25, 0.3) is 11.6 Å². The van der Waals surface area contributed by atoms with Crippen LogP contribution in [0.25, 0.3) is 0 Å². The number of non-ortho nitro benzene ring substituents is 1. The lowest BCUT2D eigenvalue weighted by Gasteiger charge is -2.30. The zero-order valence-corrected chi connectivity index (χ0v) is 17.1. The van der Waals surface area contributed by atoms with Crippen LogP contribution in [0.2, 0.25) is 0 Å². The number of hydrogen-bond acceptors (Lipinski definition) is 7. The molecule has 1 saturated heterocycles. The molecule has 1 fully saturated rings. The first-order chi connectivity index (χ1) is 14.5. The van der Waals surface area contributed by atoms with E-state index in [0.717, 1.165) is 0 Å². The summed E-state index contributed by atoms with van der Waals surface area (Å²) in [6, 6.07) is 9.43. The van der Waals surface area contributed by atoms with E-state index in [9.17, 15) is 14.9 Å². The number of rotatable bonds is 8. The Morgan fingerprint density at radius 2 is 1.80 bits per heavy atom. The summed E-state index contributed by atoms with van der Waals surface area (Å²) in [6.45, 7) is 6.96. The lowest BCUT2D eigenvalue weighted by Crippen LogP contribution is -2.37. The molecule has 0 saturated carbocycles. The molecule has 3 rings (SSSR count). The van der Waals surface area contributed by atoms with Crippen molar-refractivity contribution in [3.05, 3.63) is 52.1 Å². The summed E-state index contributed by atoms with van der Waals surface area (Å²) in [5, 5.41) is 14.1. The number of anilines is 2. The van der Waals surface area contributed by atoms with Gasteiger partial charge in [-0.25, -0.2) is 0 Å². The summed E-state index contributed by atoms with van der Waals surface area (Å²) >= 11 is 0. The quantitative estimate of drug-likeness (QED) is 0.520. The third-order valence-corrected chi connectivity index (χ3v) is 4.59. The lowest BCUT2D eigenvalue weighted by molar-refractivity contribution is -0.384. The molecule has 2 aromatic carbocycles.